The van der Waals surface area contributed by atoms with Gasteiger partial charge in [-0.25, -0.2) is 0 Å². The van der Waals surface area contributed by atoms with Crippen LogP contribution in [0, 0.1) is 18.3 Å². The molecule has 0 heterocycles. The molecule has 0 amide bonds. The first-order valence-corrected chi connectivity index (χ1v) is 6.65. The Kier molecular flexibility index (Phi) is 5.77. The third kappa shape index (κ3) is 5.04. The summed E-state index contributed by atoms with van der Waals surface area (Å²) in [6.07, 6.45) is 1.53. The summed E-state index contributed by atoms with van der Waals surface area (Å²) < 4.78 is 0. The first-order valence-electron chi connectivity index (χ1n) is 5.50. The molecule has 0 aromatic heterocycles. The summed E-state index contributed by atoms with van der Waals surface area (Å²) >= 11 is 1.71. The van der Waals surface area contributed by atoms with Gasteiger partial charge in [0.1, 0.15) is 0 Å². The van der Waals surface area contributed by atoms with Crippen LogP contribution in [-0.4, -0.2) is 23.0 Å². The lowest BCUT2D eigenvalue weighted by atomic mass is 10.1. The minimum Gasteiger partial charge on any atom is -0.481 e. The van der Waals surface area contributed by atoms with Crippen molar-refractivity contribution in [2.75, 3.05) is 5.75 Å². The summed E-state index contributed by atoms with van der Waals surface area (Å²) in [6, 6.07) is 8.30. The maximum Gasteiger partial charge on any atom is 0.311 e. The molecule has 0 radical (unpaired) electrons. The number of hydrogen-bond donors (Lipinski definition) is 2. The number of thioether (sulfide) groups is 1. The predicted molar refractivity (Wildman–Crippen MR) is 71.9 cm³/mol. The van der Waals surface area contributed by atoms with Gasteiger partial charge < -0.3 is 10.5 Å². The van der Waals surface area contributed by atoms with Gasteiger partial charge in [-0.1, -0.05) is 29.8 Å². The highest BCUT2D eigenvalue weighted by Gasteiger charge is 2.13. The normalized spacial score (nSPS) is 12.1. The molecule has 0 aliphatic carbocycles. The van der Waals surface area contributed by atoms with E-state index in [0.29, 0.717) is 6.42 Å². The van der Waals surface area contributed by atoms with Crippen LogP contribution in [-0.2, 0) is 10.5 Å². The van der Waals surface area contributed by atoms with E-state index in [1.807, 2.05) is 6.07 Å². The number of rotatable bonds is 7. The van der Waals surface area contributed by atoms with Crippen LogP contribution in [0.2, 0.25) is 0 Å². The largest absolute Gasteiger partial charge is 0.481 e. The minimum atomic E-state index is -0.906. The number of nitrogens with one attached hydrogen (secondary N) is 1. The average Bonchev–Trinajstić information content (AvgIpc) is 2.28. The van der Waals surface area contributed by atoms with Crippen molar-refractivity contribution in [2.45, 2.75) is 19.1 Å². The second-order valence-corrected chi connectivity index (χ2v) is 5.05. The smallest absolute Gasteiger partial charge is 0.311 e. The molecule has 0 spiro atoms. The average molecular weight is 251 g/mol. The lowest BCUT2D eigenvalue weighted by molar-refractivity contribution is -0.139. The molecule has 2 N–H and O–H groups in total. The highest BCUT2D eigenvalue weighted by molar-refractivity contribution is 7.98. The molecule has 1 rings (SSSR count). The SMILES string of the molecule is Cc1cccc(CSCCC(C=N)C(=O)O)c1. The molecular formula is C13H17NO2S. The van der Waals surface area contributed by atoms with Crippen molar-refractivity contribution in [3.8, 4) is 0 Å². The molecule has 0 aliphatic heterocycles. The molecule has 4 heteroatoms. The van der Waals surface area contributed by atoms with E-state index >= 15 is 0 Å². The fourth-order valence-electron chi connectivity index (χ4n) is 1.48. The molecule has 1 aromatic carbocycles. The summed E-state index contributed by atoms with van der Waals surface area (Å²) in [4.78, 5) is 10.7. The number of carboxylic acids is 1. The maximum atomic E-state index is 10.7. The second-order valence-electron chi connectivity index (χ2n) is 3.94. The third-order valence-corrected chi connectivity index (χ3v) is 3.50. The van der Waals surface area contributed by atoms with Crippen LogP contribution in [0.5, 0.6) is 0 Å². The number of benzene rings is 1. The third-order valence-electron chi connectivity index (χ3n) is 2.44. The summed E-state index contributed by atoms with van der Waals surface area (Å²) in [5.41, 5.74) is 2.50. The molecule has 92 valence electrons. The van der Waals surface area contributed by atoms with Crippen molar-refractivity contribution in [3.63, 3.8) is 0 Å². The molecule has 0 aliphatic rings. The van der Waals surface area contributed by atoms with E-state index in [0.717, 1.165) is 17.7 Å². The zero-order chi connectivity index (χ0) is 12.7. The fraction of sp³-hybridized carbons (Fsp3) is 0.385. The van der Waals surface area contributed by atoms with Gasteiger partial charge in [0.15, 0.2) is 0 Å². The Morgan fingerprint density at radius 3 is 2.94 bits per heavy atom. The van der Waals surface area contributed by atoms with E-state index in [4.69, 9.17) is 10.5 Å². The molecule has 0 saturated carbocycles. The molecule has 0 saturated heterocycles. The molecule has 3 nitrogen and oxygen atoms in total. The summed E-state index contributed by atoms with van der Waals surface area (Å²) in [7, 11) is 0. The Morgan fingerprint density at radius 1 is 1.59 bits per heavy atom. The van der Waals surface area contributed by atoms with E-state index in [1.165, 1.54) is 11.1 Å². The van der Waals surface area contributed by atoms with Crippen molar-refractivity contribution in [1.29, 1.82) is 5.41 Å². The highest BCUT2D eigenvalue weighted by Crippen LogP contribution is 2.16. The van der Waals surface area contributed by atoms with E-state index in [1.54, 1.807) is 11.8 Å². The van der Waals surface area contributed by atoms with Crippen LogP contribution in [0.3, 0.4) is 0 Å². The van der Waals surface area contributed by atoms with Crippen molar-refractivity contribution >= 4 is 23.9 Å². The zero-order valence-electron chi connectivity index (χ0n) is 9.85. The van der Waals surface area contributed by atoms with Gasteiger partial charge in [0.05, 0.1) is 5.92 Å². The van der Waals surface area contributed by atoms with Crippen molar-refractivity contribution < 1.29 is 9.90 Å². The number of aliphatic carboxylic acids is 1. The standard InChI is InChI=1S/C13H17NO2S/c1-10-3-2-4-11(7-10)9-17-6-5-12(8-14)13(15)16/h2-4,7-8,12,14H,5-6,9H2,1H3,(H,15,16). The Bertz CT molecular complexity index is 393. The van der Waals surface area contributed by atoms with Crippen molar-refractivity contribution in [3.05, 3.63) is 35.4 Å². The summed E-state index contributed by atoms with van der Waals surface area (Å²) in [5.74, 6) is 0.114. The Morgan fingerprint density at radius 2 is 2.35 bits per heavy atom. The van der Waals surface area contributed by atoms with Crippen LogP contribution in [0.25, 0.3) is 0 Å². The highest BCUT2D eigenvalue weighted by atomic mass is 32.2. The van der Waals surface area contributed by atoms with Gasteiger partial charge in [0.25, 0.3) is 0 Å². The van der Waals surface area contributed by atoms with E-state index in [2.05, 4.69) is 25.1 Å². The molecule has 0 fully saturated rings. The number of carboxylic acid groups (broad SMARTS) is 1. The first kappa shape index (κ1) is 13.8. The first-order chi connectivity index (χ1) is 8.13. The lowest BCUT2D eigenvalue weighted by Crippen LogP contribution is -2.15. The van der Waals surface area contributed by atoms with E-state index < -0.39 is 11.9 Å². The van der Waals surface area contributed by atoms with Gasteiger partial charge >= 0.3 is 5.97 Å². The van der Waals surface area contributed by atoms with Crippen molar-refractivity contribution in [2.24, 2.45) is 5.92 Å². The fourth-order valence-corrected chi connectivity index (χ4v) is 2.46. The van der Waals surface area contributed by atoms with Crippen LogP contribution in [0.15, 0.2) is 24.3 Å². The molecule has 1 atom stereocenters. The van der Waals surface area contributed by atoms with Gasteiger partial charge in [-0.2, -0.15) is 11.8 Å². The summed E-state index contributed by atoms with van der Waals surface area (Å²) in [6.45, 7) is 2.06. The van der Waals surface area contributed by atoms with Crippen LogP contribution in [0.1, 0.15) is 17.5 Å². The Hall–Kier alpha value is -1.29. The molecule has 1 aromatic rings. The molecule has 0 bridgehead atoms. The number of hydrogen-bond acceptors (Lipinski definition) is 3. The van der Waals surface area contributed by atoms with Gasteiger partial charge in [-0.05, 0) is 24.7 Å². The monoisotopic (exact) mass is 251 g/mol. The molecule has 1 unspecified atom stereocenters. The second kappa shape index (κ2) is 7.12. The topological polar surface area (TPSA) is 61.2 Å². The summed E-state index contributed by atoms with van der Waals surface area (Å²) in [5, 5.41) is 15.8. The van der Waals surface area contributed by atoms with Gasteiger partial charge in [-0.15, -0.1) is 0 Å². The van der Waals surface area contributed by atoms with Crippen LogP contribution >= 0.6 is 11.8 Å². The van der Waals surface area contributed by atoms with Gasteiger partial charge in [-0.3, -0.25) is 4.79 Å². The van der Waals surface area contributed by atoms with Gasteiger partial charge in [0.2, 0.25) is 0 Å². The maximum absolute atomic E-state index is 10.7. The van der Waals surface area contributed by atoms with Gasteiger partial charge in [0, 0.05) is 12.0 Å². The van der Waals surface area contributed by atoms with Crippen LogP contribution < -0.4 is 0 Å². The Labute approximate surface area is 106 Å². The van der Waals surface area contributed by atoms with Crippen molar-refractivity contribution in [1.82, 2.24) is 0 Å². The quantitative estimate of drug-likeness (QED) is 0.578. The van der Waals surface area contributed by atoms with E-state index in [-0.39, 0.29) is 0 Å². The number of aryl methyl sites for hydroxylation is 1. The lowest BCUT2D eigenvalue weighted by Gasteiger charge is -2.06. The number of carbonyl (C=O) groups is 1. The predicted octanol–water partition coefficient (Wildman–Crippen LogP) is 2.97. The Balaban J connectivity index is 2.29. The van der Waals surface area contributed by atoms with Crippen LogP contribution in [0.4, 0.5) is 0 Å². The minimum absolute atomic E-state index is 0.523. The van der Waals surface area contributed by atoms with E-state index in [9.17, 15) is 4.79 Å². The molecular weight excluding hydrogens is 234 g/mol. The molecule has 17 heavy (non-hydrogen) atoms. The zero-order valence-corrected chi connectivity index (χ0v) is 10.7.